The number of benzene rings is 1. The Morgan fingerprint density at radius 1 is 1.20 bits per heavy atom. The molecule has 1 amide bonds. The SMILES string of the molecule is Cc1ncccc1C1=CC2CCC(C1)N2C(=O)OCc1ccccc1. The van der Waals surface area contributed by atoms with Crippen LogP contribution in [0.15, 0.2) is 54.7 Å². The van der Waals surface area contributed by atoms with Crippen molar-refractivity contribution in [2.75, 3.05) is 0 Å². The van der Waals surface area contributed by atoms with Crippen molar-refractivity contribution in [3.8, 4) is 0 Å². The molecular formula is C21H22N2O2. The van der Waals surface area contributed by atoms with Crippen LogP contribution in [0.2, 0.25) is 0 Å². The van der Waals surface area contributed by atoms with E-state index in [4.69, 9.17) is 4.74 Å². The minimum absolute atomic E-state index is 0.136. The van der Waals surface area contributed by atoms with Crippen LogP contribution >= 0.6 is 0 Å². The predicted octanol–water partition coefficient (Wildman–Crippen LogP) is 4.35. The van der Waals surface area contributed by atoms with Crippen LogP contribution in [-0.4, -0.2) is 28.1 Å². The highest BCUT2D eigenvalue weighted by Crippen LogP contribution is 2.39. The van der Waals surface area contributed by atoms with E-state index in [0.29, 0.717) is 6.61 Å². The average Bonchev–Trinajstić information content (AvgIpc) is 2.91. The van der Waals surface area contributed by atoms with Crippen molar-refractivity contribution >= 4 is 11.7 Å². The van der Waals surface area contributed by atoms with Crippen LogP contribution in [0.4, 0.5) is 4.79 Å². The van der Waals surface area contributed by atoms with Gasteiger partial charge in [0.1, 0.15) is 6.61 Å². The number of amides is 1. The highest BCUT2D eigenvalue weighted by atomic mass is 16.6. The summed E-state index contributed by atoms with van der Waals surface area (Å²) >= 11 is 0. The second kappa shape index (κ2) is 6.71. The summed E-state index contributed by atoms with van der Waals surface area (Å²) in [5.74, 6) is 0. The standard InChI is InChI=1S/C21H22N2O2/c1-15-20(8-5-11-22-15)17-12-18-9-10-19(13-17)23(18)21(24)25-14-16-6-3-2-4-7-16/h2-8,11-12,18-19H,9-10,13-14H2,1H3. The molecule has 4 nitrogen and oxygen atoms in total. The Kier molecular flexibility index (Phi) is 4.26. The Morgan fingerprint density at radius 3 is 2.80 bits per heavy atom. The number of ether oxygens (including phenoxy) is 1. The van der Waals surface area contributed by atoms with Gasteiger partial charge in [-0.1, -0.05) is 42.5 Å². The van der Waals surface area contributed by atoms with E-state index in [2.05, 4.69) is 17.1 Å². The lowest BCUT2D eigenvalue weighted by molar-refractivity contribution is 0.0832. The lowest BCUT2D eigenvalue weighted by atomic mass is 9.94. The first-order valence-electron chi connectivity index (χ1n) is 8.84. The van der Waals surface area contributed by atoms with Crippen LogP contribution in [-0.2, 0) is 11.3 Å². The van der Waals surface area contributed by atoms with Crippen molar-refractivity contribution in [2.24, 2.45) is 0 Å². The monoisotopic (exact) mass is 334 g/mol. The molecule has 4 heteroatoms. The van der Waals surface area contributed by atoms with E-state index in [1.807, 2.05) is 54.4 Å². The van der Waals surface area contributed by atoms with Crippen LogP contribution in [0.3, 0.4) is 0 Å². The van der Waals surface area contributed by atoms with Gasteiger partial charge in [-0.05, 0) is 49.0 Å². The van der Waals surface area contributed by atoms with E-state index in [1.165, 1.54) is 11.1 Å². The number of nitrogens with zero attached hydrogens (tertiary/aromatic N) is 2. The normalized spacial score (nSPS) is 21.8. The van der Waals surface area contributed by atoms with Crippen LogP contribution < -0.4 is 0 Å². The molecule has 1 aromatic carbocycles. The molecule has 2 aromatic rings. The van der Waals surface area contributed by atoms with Gasteiger partial charge in [0.05, 0.1) is 6.04 Å². The maximum absolute atomic E-state index is 12.6. The molecule has 0 radical (unpaired) electrons. The second-order valence-corrected chi connectivity index (χ2v) is 6.78. The van der Waals surface area contributed by atoms with E-state index in [0.717, 1.165) is 30.5 Å². The largest absolute Gasteiger partial charge is 0.445 e. The van der Waals surface area contributed by atoms with Gasteiger partial charge in [0.2, 0.25) is 0 Å². The van der Waals surface area contributed by atoms with E-state index < -0.39 is 0 Å². The molecule has 0 N–H and O–H groups in total. The number of carbonyl (C=O) groups is 1. The Hall–Kier alpha value is -2.62. The summed E-state index contributed by atoms with van der Waals surface area (Å²) in [6.45, 7) is 2.37. The summed E-state index contributed by atoms with van der Waals surface area (Å²) in [4.78, 5) is 18.9. The molecule has 2 aliphatic rings. The Morgan fingerprint density at radius 2 is 2.04 bits per heavy atom. The molecule has 2 unspecified atom stereocenters. The van der Waals surface area contributed by atoms with Crippen molar-refractivity contribution in [1.82, 2.24) is 9.88 Å². The zero-order valence-corrected chi connectivity index (χ0v) is 14.4. The van der Waals surface area contributed by atoms with Gasteiger partial charge in [-0.2, -0.15) is 0 Å². The third-order valence-electron chi connectivity index (χ3n) is 5.16. The zero-order valence-electron chi connectivity index (χ0n) is 14.4. The highest BCUT2D eigenvalue weighted by molar-refractivity contribution is 5.75. The summed E-state index contributed by atoms with van der Waals surface area (Å²) in [5.41, 5.74) is 4.58. The number of pyridine rings is 1. The number of carbonyl (C=O) groups excluding carboxylic acids is 1. The van der Waals surface area contributed by atoms with Crippen LogP contribution in [0, 0.1) is 6.92 Å². The first-order valence-corrected chi connectivity index (χ1v) is 8.84. The average molecular weight is 334 g/mol. The molecule has 0 aliphatic carbocycles. The van der Waals surface area contributed by atoms with E-state index >= 15 is 0 Å². The number of aryl methyl sites for hydroxylation is 1. The summed E-state index contributed by atoms with van der Waals surface area (Å²) in [6, 6.07) is 14.3. The molecule has 0 saturated carbocycles. The van der Waals surface area contributed by atoms with Crippen LogP contribution in [0.1, 0.15) is 36.1 Å². The van der Waals surface area contributed by atoms with Crippen molar-refractivity contribution in [1.29, 1.82) is 0 Å². The van der Waals surface area contributed by atoms with Crippen LogP contribution in [0.5, 0.6) is 0 Å². The van der Waals surface area contributed by atoms with Gasteiger partial charge in [0.25, 0.3) is 0 Å². The topological polar surface area (TPSA) is 42.4 Å². The van der Waals surface area contributed by atoms with Gasteiger partial charge in [-0.3, -0.25) is 9.88 Å². The maximum atomic E-state index is 12.6. The smallest absolute Gasteiger partial charge is 0.410 e. The van der Waals surface area contributed by atoms with Crippen molar-refractivity contribution in [3.63, 3.8) is 0 Å². The number of aromatic nitrogens is 1. The summed E-state index contributed by atoms with van der Waals surface area (Å²) in [6.07, 6.45) is 6.78. The molecule has 25 heavy (non-hydrogen) atoms. The summed E-state index contributed by atoms with van der Waals surface area (Å²) < 4.78 is 5.56. The molecule has 2 atom stereocenters. The van der Waals surface area contributed by atoms with E-state index in [-0.39, 0.29) is 18.2 Å². The van der Waals surface area contributed by atoms with E-state index in [1.54, 1.807) is 0 Å². The van der Waals surface area contributed by atoms with Crippen molar-refractivity contribution < 1.29 is 9.53 Å². The molecule has 0 spiro atoms. The fourth-order valence-corrected chi connectivity index (χ4v) is 3.93. The summed E-state index contributed by atoms with van der Waals surface area (Å²) in [5, 5.41) is 0. The fourth-order valence-electron chi connectivity index (χ4n) is 3.93. The van der Waals surface area contributed by atoms with E-state index in [9.17, 15) is 4.79 Å². The third-order valence-corrected chi connectivity index (χ3v) is 5.16. The molecule has 1 fully saturated rings. The highest BCUT2D eigenvalue weighted by Gasteiger charge is 2.40. The zero-order chi connectivity index (χ0) is 17.2. The molecule has 2 bridgehead atoms. The fraction of sp³-hybridized carbons (Fsp3) is 0.333. The molecule has 3 heterocycles. The van der Waals surface area contributed by atoms with Gasteiger partial charge in [-0.25, -0.2) is 4.79 Å². The molecule has 4 rings (SSSR count). The summed E-state index contributed by atoms with van der Waals surface area (Å²) in [7, 11) is 0. The molecule has 1 aromatic heterocycles. The van der Waals surface area contributed by atoms with Crippen molar-refractivity contribution in [2.45, 2.75) is 44.9 Å². The Bertz CT molecular complexity index is 801. The van der Waals surface area contributed by atoms with Gasteiger partial charge in [-0.15, -0.1) is 0 Å². The minimum Gasteiger partial charge on any atom is -0.445 e. The predicted molar refractivity (Wildman–Crippen MR) is 96.8 cm³/mol. The molecule has 1 saturated heterocycles. The second-order valence-electron chi connectivity index (χ2n) is 6.78. The van der Waals surface area contributed by atoms with Gasteiger partial charge >= 0.3 is 6.09 Å². The van der Waals surface area contributed by atoms with Gasteiger partial charge < -0.3 is 4.74 Å². The van der Waals surface area contributed by atoms with Crippen molar-refractivity contribution in [3.05, 3.63) is 71.6 Å². The number of hydrogen-bond donors (Lipinski definition) is 0. The first kappa shape index (κ1) is 15.9. The van der Waals surface area contributed by atoms with Gasteiger partial charge in [0.15, 0.2) is 0 Å². The quantitative estimate of drug-likeness (QED) is 0.838. The van der Waals surface area contributed by atoms with Crippen LogP contribution in [0.25, 0.3) is 5.57 Å². The minimum atomic E-state index is -0.199. The molecule has 2 aliphatic heterocycles. The molecule has 128 valence electrons. The lowest BCUT2D eigenvalue weighted by Gasteiger charge is -2.33. The number of fused-ring (bicyclic) bond motifs is 2. The lowest BCUT2D eigenvalue weighted by Crippen LogP contribution is -2.43. The number of hydrogen-bond acceptors (Lipinski definition) is 3. The Labute approximate surface area is 148 Å². The third kappa shape index (κ3) is 3.16. The Balaban J connectivity index is 1.48. The first-order chi connectivity index (χ1) is 12.2. The maximum Gasteiger partial charge on any atom is 0.410 e. The van der Waals surface area contributed by atoms with Gasteiger partial charge in [0, 0.05) is 17.9 Å². The molecular weight excluding hydrogens is 312 g/mol. The number of rotatable bonds is 3.